The summed E-state index contributed by atoms with van der Waals surface area (Å²) in [5.41, 5.74) is -0.325. The molecular formula is C19H14Cl2F6N4O2S. The molecule has 0 bridgehead atoms. The molecule has 15 heteroatoms. The number of hydrogen-bond donors (Lipinski definition) is 3. The summed E-state index contributed by atoms with van der Waals surface area (Å²) in [6, 6.07) is 6.29. The van der Waals surface area contributed by atoms with E-state index in [4.69, 9.17) is 27.9 Å². The molecule has 3 rings (SSSR count). The first-order valence-electron chi connectivity index (χ1n) is 9.23. The summed E-state index contributed by atoms with van der Waals surface area (Å²) in [5, 5.41) is 2.22. The zero-order valence-electron chi connectivity index (χ0n) is 16.9. The van der Waals surface area contributed by atoms with Gasteiger partial charge in [0, 0.05) is 0 Å². The number of hydrazine groups is 2. The molecule has 34 heavy (non-hydrogen) atoms. The Labute approximate surface area is 203 Å². The summed E-state index contributed by atoms with van der Waals surface area (Å²) in [6.07, 6.45) is -9.45. The van der Waals surface area contributed by atoms with E-state index < -0.39 is 39.5 Å². The number of nitrogens with one attached hydrogen (secondary N) is 3. The van der Waals surface area contributed by atoms with E-state index in [1.807, 2.05) is 0 Å². The molecule has 2 aromatic rings. The molecule has 0 fully saturated rings. The normalized spacial score (nSPS) is 14.4. The molecule has 0 radical (unpaired) electrons. The maximum atomic E-state index is 13.2. The molecule has 6 nitrogen and oxygen atoms in total. The number of alkyl halides is 6. The summed E-state index contributed by atoms with van der Waals surface area (Å²) >= 11 is 12.5. The van der Waals surface area contributed by atoms with Crippen LogP contribution in [0.1, 0.15) is 18.1 Å². The highest BCUT2D eigenvalue weighted by molar-refractivity contribution is 8.01. The van der Waals surface area contributed by atoms with Gasteiger partial charge < -0.3 is 10.1 Å². The summed E-state index contributed by atoms with van der Waals surface area (Å²) in [6.45, 7) is 1.47. The number of anilines is 2. The van der Waals surface area contributed by atoms with Crippen LogP contribution < -0.4 is 15.6 Å². The Kier molecular flexibility index (Phi) is 7.70. The van der Waals surface area contributed by atoms with Crippen LogP contribution in [0.15, 0.2) is 47.1 Å². The fourth-order valence-electron chi connectivity index (χ4n) is 2.76. The Balaban J connectivity index is 1.98. The van der Waals surface area contributed by atoms with E-state index >= 15 is 0 Å². The van der Waals surface area contributed by atoms with Crippen LogP contribution in [-0.2, 0) is 21.9 Å². The van der Waals surface area contributed by atoms with E-state index in [-0.39, 0.29) is 28.7 Å². The zero-order valence-corrected chi connectivity index (χ0v) is 19.2. The smallest absolute Gasteiger partial charge is 0.417 e. The Morgan fingerprint density at radius 1 is 1.00 bits per heavy atom. The monoisotopic (exact) mass is 546 g/mol. The molecule has 0 atom stereocenters. The molecule has 0 amide bonds. The number of carbonyl (C=O) groups excluding carboxylic acids is 1. The van der Waals surface area contributed by atoms with Gasteiger partial charge in [-0.3, -0.25) is 5.43 Å². The van der Waals surface area contributed by atoms with Gasteiger partial charge in [-0.05, 0) is 43.1 Å². The van der Waals surface area contributed by atoms with Crippen LogP contribution in [0.4, 0.5) is 37.7 Å². The Hall–Kier alpha value is -2.48. The summed E-state index contributed by atoms with van der Waals surface area (Å²) < 4.78 is 84.0. The Bertz CT molecular complexity index is 1130. The van der Waals surface area contributed by atoms with Crippen molar-refractivity contribution in [3.63, 3.8) is 0 Å². The van der Waals surface area contributed by atoms with Gasteiger partial charge in [0.25, 0.3) is 0 Å². The highest BCUT2D eigenvalue weighted by atomic mass is 35.5. The number of carbonyl (C=O) groups is 1. The van der Waals surface area contributed by atoms with Crippen molar-refractivity contribution in [3.05, 3.63) is 68.3 Å². The average Bonchev–Trinajstić information content (AvgIpc) is 3.11. The van der Waals surface area contributed by atoms with Crippen molar-refractivity contribution in [2.75, 3.05) is 17.3 Å². The second kappa shape index (κ2) is 10.0. The van der Waals surface area contributed by atoms with Gasteiger partial charge >= 0.3 is 18.3 Å². The minimum Gasteiger partial charge on any atom is -0.461 e. The molecule has 1 aliphatic heterocycles. The van der Waals surface area contributed by atoms with Gasteiger partial charge in [-0.25, -0.2) is 4.79 Å². The first-order valence-corrected chi connectivity index (χ1v) is 10.8. The molecule has 3 N–H and O–H groups in total. The van der Waals surface area contributed by atoms with Crippen molar-refractivity contribution in [3.8, 4) is 0 Å². The molecule has 0 spiro atoms. The zero-order chi connectivity index (χ0) is 25.3. The summed E-state index contributed by atoms with van der Waals surface area (Å²) in [4.78, 5) is 15.2. The maximum Gasteiger partial charge on any atom is 0.417 e. The molecule has 0 saturated carbocycles. The second-order valence-electron chi connectivity index (χ2n) is 6.49. The standard InChI is InChI=1S/C19H14Cl2F6N4O2S/c1-2-33-17(32)15-16(28-11-7-3-5-9(13(11)20)18(22,23)24)34-30-31(15)29-12-8-4-6-10(14(12)21)19(25,26)27/h3-8,28-30H,2H2,1H3. The van der Waals surface area contributed by atoms with Gasteiger partial charge in [-0.15, -0.1) is 0 Å². The molecule has 0 unspecified atom stereocenters. The highest BCUT2D eigenvalue weighted by Crippen LogP contribution is 2.41. The van der Waals surface area contributed by atoms with Crippen LogP contribution in [0.2, 0.25) is 10.0 Å². The third kappa shape index (κ3) is 5.59. The van der Waals surface area contributed by atoms with Gasteiger partial charge in [-0.1, -0.05) is 35.3 Å². The van der Waals surface area contributed by atoms with E-state index in [0.29, 0.717) is 0 Å². The van der Waals surface area contributed by atoms with Crippen LogP contribution in [-0.4, -0.2) is 17.7 Å². The number of ether oxygens (including phenoxy) is 1. The van der Waals surface area contributed by atoms with Crippen LogP contribution in [0.25, 0.3) is 0 Å². The predicted molar refractivity (Wildman–Crippen MR) is 116 cm³/mol. The second-order valence-corrected chi connectivity index (χ2v) is 8.04. The molecule has 0 saturated heterocycles. The predicted octanol–water partition coefficient (Wildman–Crippen LogP) is 6.67. The first-order chi connectivity index (χ1) is 15.8. The quantitative estimate of drug-likeness (QED) is 0.212. The van der Waals surface area contributed by atoms with Crippen LogP contribution >= 0.6 is 35.1 Å². The molecular weight excluding hydrogens is 533 g/mol. The minimum absolute atomic E-state index is 0.0322. The molecule has 1 aliphatic rings. The Morgan fingerprint density at radius 3 is 2.06 bits per heavy atom. The van der Waals surface area contributed by atoms with E-state index in [1.54, 1.807) is 0 Å². The summed E-state index contributed by atoms with van der Waals surface area (Å²) in [5.74, 6) is -0.929. The van der Waals surface area contributed by atoms with Crippen molar-refractivity contribution >= 4 is 52.5 Å². The lowest BCUT2D eigenvalue weighted by molar-refractivity contribution is -0.140. The van der Waals surface area contributed by atoms with E-state index in [0.717, 1.165) is 41.3 Å². The number of esters is 1. The van der Waals surface area contributed by atoms with Crippen LogP contribution in [0.5, 0.6) is 0 Å². The Morgan fingerprint density at radius 2 is 1.53 bits per heavy atom. The molecule has 2 aromatic carbocycles. The molecule has 0 aromatic heterocycles. The number of benzene rings is 2. The van der Waals surface area contributed by atoms with Crippen molar-refractivity contribution in [2.45, 2.75) is 19.3 Å². The minimum atomic E-state index is -4.73. The van der Waals surface area contributed by atoms with Crippen molar-refractivity contribution in [1.82, 2.24) is 9.95 Å². The number of nitrogens with zero attached hydrogens (tertiary/aromatic N) is 1. The summed E-state index contributed by atoms with van der Waals surface area (Å²) in [7, 11) is 0. The third-order valence-electron chi connectivity index (χ3n) is 4.24. The highest BCUT2D eigenvalue weighted by Gasteiger charge is 2.37. The number of rotatable bonds is 6. The third-order valence-corrected chi connectivity index (χ3v) is 5.82. The maximum absolute atomic E-state index is 13.2. The fraction of sp³-hybridized carbons (Fsp3) is 0.211. The van der Waals surface area contributed by atoms with Gasteiger partial charge in [0.1, 0.15) is 5.03 Å². The average molecular weight is 547 g/mol. The van der Waals surface area contributed by atoms with Crippen LogP contribution in [0, 0.1) is 0 Å². The van der Waals surface area contributed by atoms with E-state index in [2.05, 4.69) is 15.6 Å². The van der Waals surface area contributed by atoms with Gasteiger partial charge in [0.05, 0.1) is 39.2 Å². The molecule has 1 heterocycles. The fourth-order valence-corrected chi connectivity index (χ4v) is 4.07. The van der Waals surface area contributed by atoms with Gasteiger partial charge in [0.15, 0.2) is 5.70 Å². The molecule has 0 aliphatic carbocycles. The lowest BCUT2D eigenvalue weighted by Gasteiger charge is -2.23. The largest absolute Gasteiger partial charge is 0.461 e. The lowest BCUT2D eigenvalue weighted by atomic mass is 10.2. The topological polar surface area (TPSA) is 65.6 Å². The van der Waals surface area contributed by atoms with Crippen LogP contribution in [0.3, 0.4) is 0 Å². The van der Waals surface area contributed by atoms with Crippen molar-refractivity contribution in [1.29, 1.82) is 0 Å². The van der Waals surface area contributed by atoms with Crippen molar-refractivity contribution < 1.29 is 35.9 Å². The van der Waals surface area contributed by atoms with Gasteiger partial charge in [0.2, 0.25) is 0 Å². The van der Waals surface area contributed by atoms with Gasteiger partial charge in [-0.2, -0.15) is 36.3 Å². The first kappa shape index (κ1) is 26.1. The lowest BCUT2D eigenvalue weighted by Crippen LogP contribution is -2.37. The van der Waals surface area contributed by atoms with E-state index in [1.165, 1.54) is 19.1 Å². The number of halogens is 8. The SMILES string of the molecule is CCOC(=O)C1=C(Nc2cccc(C(F)(F)F)c2Cl)SNN1Nc1cccc(C(F)(F)F)c1Cl. The number of hydrogen-bond acceptors (Lipinski definition) is 7. The molecule has 184 valence electrons. The van der Waals surface area contributed by atoms with E-state index in [9.17, 15) is 31.1 Å². The van der Waals surface area contributed by atoms with Crippen molar-refractivity contribution in [2.24, 2.45) is 0 Å².